The molecule has 338 valence electrons. The van der Waals surface area contributed by atoms with Crippen LogP contribution in [-0.2, 0) is 49.8 Å². The van der Waals surface area contributed by atoms with Gasteiger partial charge in [0.15, 0.2) is 11.6 Å². The molecule has 0 bridgehead atoms. The topological polar surface area (TPSA) is 273 Å². The number of aromatic nitrogens is 2. The summed E-state index contributed by atoms with van der Waals surface area (Å²) < 4.78 is 75.5. The predicted octanol–water partition coefficient (Wildman–Crippen LogP) is 5.34. The second-order valence-electron chi connectivity index (χ2n) is 14.1. The van der Waals surface area contributed by atoms with E-state index in [-0.39, 0.29) is 73.6 Å². The largest absolute Gasteiger partial charge is 0.487 e. The van der Waals surface area contributed by atoms with Gasteiger partial charge in [-0.15, -0.1) is 0 Å². The second-order valence-corrected chi connectivity index (χ2v) is 15.7. The molecule has 0 unspecified atom stereocenters. The first-order chi connectivity index (χ1) is 29.1. The maximum absolute atomic E-state index is 16.3. The quantitative estimate of drug-likeness (QED) is 0.0173. The molecule has 0 spiro atoms. The molecule has 0 aliphatic heterocycles. The number of benzene rings is 2. The van der Waals surface area contributed by atoms with E-state index in [4.69, 9.17) is 44.1 Å². The number of esters is 2. The Morgan fingerprint density at radius 2 is 1.71 bits per heavy atom. The van der Waals surface area contributed by atoms with Crippen molar-refractivity contribution in [3.63, 3.8) is 0 Å². The fourth-order valence-corrected chi connectivity index (χ4v) is 5.51. The zero-order valence-electron chi connectivity index (χ0n) is 35.7. The van der Waals surface area contributed by atoms with Gasteiger partial charge in [-0.1, -0.05) is 43.8 Å². The van der Waals surface area contributed by atoms with Crippen molar-refractivity contribution in [1.82, 2.24) is 15.3 Å². The minimum absolute atomic E-state index is 0.00440. The number of rotatable bonds is 19. The molecule has 3 rings (SSSR count). The number of alkyl carbamates (subject to hydrolysis) is 1. The van der Waals surface area contributed by atoms with E-state index >= 15 is 4.39 Å². The number of hydrogen-bond donors (Lipinski definition) is 4. The third kappa shape index (κ3) is 19.4. The van der Waals surface area contributed by atoms with E-state index < -0.39 is 52.1 Å². The highest BCUT2D eigenvalue weighted by atomic mass is 32.2. The Morgan fingerprint density at radius 3 is 2.27 bits per heavy atom. The van der Waals surface area contributed by atoms with E-state index in [0.717, 1.165) is 0 Å². The number of halogens is 1. The maximum Gasteiger partial charge on any atom is 0.413 e. The molecule has 0 radical (unpaired) electrons. The van der Waals surface area contributed by atoms with E-state index in [1.807, 2.05) is 0 Å². The molecule has 21 heteroatoms. The normalized spacial score (nSPS) is 12.2. The van der Waals surface area contributed by atoms with Crippen LogP contribution < -0.4 is 15.8 Å². The molecule has 2 aromatic carbocycles. The van der Waals surface area contributed by atoms with Gasteiger partial charge in [0.05, 0.1) is 17.8 Å². The third-order valence-electron chi connectivity index (χ3n) is 7.82. The predicted molar refractivity (Wildman–Crippen MR) is 227 cm³/mol. The van der Waals surface area contributed by atoms with Gasteiger partial charge < -0.3 is 34.2 Å². The first kappa shape index (κ1) is 51.8. The zero-order valence-corrected chi connectivity index (χ0v) is 36.5. The Balaban J connectivity index is 0.00000173. The standard InChI is InChI=1S/C38H46FN7O9.C3H8O3S/c1-23(2)20-53-37(49)45-32(40)27-11-9-26(10-12-27)19-29(28-17-24(3)18-30(31(28)39)52-16-15-51-25(4)47)33(41)44-36(46-35-42-13-8-14-43-35)55-22-54-34(48)38(5,6)21-50-7;1-2-3-7(4,5)6/h8-14,17-18,29H,1,15-16,19-22H2,2-7H3,(H2,40,45,49)(H2,41,42,43,44,46);2-3H2,1H3,(H,4,5,6)/t29-;/m1./s1. The maximum atomic E-state index is 16.3. The Bertz CT molecular complexity index is 2170. The summed E-state index contributed by atoms with van der Waals surface area (Å²) in [6.45, 7) is 12.6. The van der Waals surface area contributed by atoms with Crippen molar-refractivity contribution in [2.45, 2.75) is 60.3 Å². The number of aliphatic imine (C=N–C) groups is 2. The van der Waals surface area contributed by atoms with Crippen LogP contribution in [0.25, 0.3) is 0 Å². The van der Waals surface area contributed by atoms with Gasteiger partial charge >= 0.3 is 24.1 Å². The highest BCUT2D eigenvalue weighted by Crippen LogP contribution is 2.31. The summed E-state index contributed by atoms with van der Waals surface area (Å²) in [5.74, 6) is -3.49. The van der Waals surface area contributed by atoms with Crippen molar-refractivity contribution >= 4 is 51.8 Å². The van der Waals surface area contributed by atoms with Crippen LogP contribution >= 0.6 is 0 Å². The van der Waals surface area contributed by atoms with Gasteiger partial charge in [-0.25, -0.2) is 19.2 Å². The Labute approximate surface area is 360 Å². The minimum Gasteiger partial charge on any atom is -0.487 e. The van der Waals surface area contributed by atoms with Crippen molar-refractivity contribution in [2.75, 3.05) is 46.1 Å². The van der Waals surface area contributed by atoms with Crippen LogP contribution in [0, 0.1) is 23.6 Å². The SMILES string of the molecule is C=C(C)COC(=O)NC(=N)c1ccc(C[C@@H](C(N)=NC(=Nc2ncccn2)OCOC(=O)C(C)(C)COC)c2cc(C)cc(OCCOC(C)=O)c2F)cc1.CCCS(=O)(=O)O. The number of amidine groups is 3. The number of nitrogens with two attached hydrogens (primary N) is 1. The molecular formula is C41H54FN7O12S. The molecule has 1 heterocycles. The molecule has 3 aromatic rings. The summed E-state index contributed by atoms with van der Waals surface area (Å²) in [7, 11) is -2.21. The van der Waals surface area contributed by atoms with E-state index in [2.05, 4.69) is 31.8 Å². The average Bonchev–Trinajstić information content (AvgIpc) is 3.19. The number of ether oxygens (including phenoxy) is 6. The lowest BCUT2D eigenvalue weighted by molar-refractivity contribution is -0.164. The number of nitrogens with one attached hydrogen (secondary N) is 2. The van der Waals surface area contributed by atoms with Gasteiger partial charge in [-0.2, -0.15) is 18.4 Å². The fraction of sp³-hybridized carbons (Fsp3) is 0.415. The molecular weight excluding hydrogens is 834 g/mol. The van der Waals surface area contributed by atoms with Gasteiger partial charge in [0.2, 0.25) is 6.79 Å². The Hall–Kier alpha value is -6.32. The van der Waals surface area contributed by atoms with Crippen molar-refractivity contribution in [1.29, 1.82) is 5.41 Å². The zero-order chi connectivity index (χ0) is 46.5. The number of amides is 1. The highest BCUT2D eigenvalue weighted by Gasteiger charge is 2.30. The van der Waals surface area contributed by atoms with Crippen LogP contribution in [0.3, 0.4) is 0 Å². The first-order valence-corrected chi connectivity index (χ1v) is 20.5. The van der Waals surface area contributed by atoms with Crippen molar-refractivity contribution in [2.24, 2.45) is 21.1 Å². The molecule has 1 amide bonds. The molecule has 19 nitrogen and oxygen atoms in total. The molecule has 0 aliphatic rings. The molecule has 0 saturated carbocycles. The molecule has 0 fully saturated rings. The summed E-state index contributed by atoms with van der Waals surface area (Å²) in [5, 5.41) is 10.7. The van der Waals surface area contributed by atoms with Gasteiger partial charge in [0.1, 0.15) is 31.5 Å². The number of carbonyl (C=O) groups is 3. The van der Waals surface area contributed by atoms with Crippen LogP contribution in [-0.4, -0.2) is 105 Å². The van der Waals surface area contributed by atoms with Crippen LogP contribution in [0.5, 0.6) is 5.75 Å². The van der Waals surface area contributed by atoms with Gasteiger partial charge in [0.25, 0.3) is 16.1 Å². The number of methoxy groups -OCH3 is 1. The number of carbonyl (C=O) groups excluding carboxylic acids is 3. The lowest BCUT2D eigenvalue weighted by Gasteiger charge is -2.22. The number of aryl methyl sites for hydroxylation is 1. The van der Waals surface area contributed by atoms with E-state index in [1.165, 1.54) is 32.5 Å². The van der Waals surface area contributed by atoms with Crippen LogP contribution in [0.1, 0.15) is 69.2 Å². The minimum atomic E-state index is -3.67. The summed E-state index contributed by atoms with van der Waals surface area (Å²) in [4.78, 5) is 52.8. The fourth-order valence-electron chi connectivity index (χ4n) is 5.00. The van der Waals surface area contributed by atoms with Crippen molar-refractivity contribution < 1.29 is 60.2 Å². The number of hydrogen-bond acceptors (Lipinski definition) is 15. The van der Waals surface area contributed by atoms with Crippen molar-refractivity contribution in [3.8, 4) is 5.75 Å². The number of nitrogens with zero attached hydrogens (tertiary/aromatic N) is 4. The summed E-state index contributed by atoms with van der Waals surface area (Å²) in [6, 6.07) is 10.8. The molecule has 5 N–H and O–H groups in total. The lowest BCUT2D eigenvalue weighted by atomic mass is 9.89. The molecule has 1 atom stereocenters. The van der Waals surface area contributed by atoms with Crippen molar-refractivity contribution in [3.05, 3.63) is 95.1 Å². The molecule has 0 saturated heterocycles. The molecule has 0 aliphatic carbocycles. The lowest BCUT2D eigenvalue weighted by Crippen LogP contribution is -2.32. The van der Waals surface area contributed by atoms with Crippen LogP contribution in [0.4, 0.5) is 15.1 Å². The average molecular weight is 888 g/mol. The molecule has 62 heavy (non-hydrogen) atoms. The highest BCUT2D eigenvalue weighted by molar-refractivity contribution is 7.85. The van der Waals surface area contributed by atoms with Gasteiger partial charge in [-0.3, -0.25) is 24.9 Å². The monoisotopic (exact) mass is 887 g/mol. The third-order valence-corrected chi connectivity index (χ3v) is 8.74. The van der Waals surface area contributed by atoms with E-state index in [0.29, 0.717) is 28.7 Å². The van der Waals surface area contributed by atoms with Crippen LogP contribution in [0.2, 0.25) is 0 Å². The van der Waals surface area contributed by atoms with E-state index in [1.54, 1.807) is 71.0 Å². The first-order valence-electron chi connectivity index (χ1n) is 18.9. The summed E-state index contributed by atoms with van der Waals surface area (Å²) >= 11 is 0. The Kier molecular flexibility index (Phi) is 21.3. The van der Waals surface area contributed by atoms with Crippen LogP contribution in [0.15, 0.2) is 77.0 Å². The van der Waals surface area contributed by atoms with Gasteiger partial charge in [-0.05, 0) is 69.4 Å². The van der Waals surface area contributed by atoms with E-state index in [9.17, 15) is 22.8 Å². The Morgan fingerprint density at radius 1 is 1.05 bits per heavy atom. The summed E-state index contributed by atoms with van der Waals surface area (Å²) in [6.07, 6.45) is 2.62. The second kappa shape index (κ2) is 25.5. The summed E-state index contributed by atoms with van der Waals surface area (Å²) in [5.41, 5.74) is 8.05. The van der Waals surface area contributed by atoms with Gasteiger partial charge in [0, 0.05) is 43.5 Å². The molecule has 1 aromatic heterocycles. The smallest absolute Gasteiger partial charge is 0.413 e.